The Balaban J connectivity index is 2.99. The minimum atomic E-state index is -0.591. The highest BCUT2D eigenvalue weighted by molar-refractivity contribution is 5.90. The van der Waals surface area contributed by atoms with E-state index >= 15 is 0 Å². The van der Waals surface area contributed by atoms with Gasteiger partial charge < -0.3 is 4.74 Å². The van der Waals surface area contributed by atoms with Gasteiger partial charge in [0.2, 0.25) is 0 Å². The number of rotatable bonds is 5. The van der Waals surface area contributed by atoms with Crippen molar-refractivity contribution in [2.75, 3.05) is 6.61 Å². The maximum atomic E-state index is 11.1. The predicted octanol–water partition coefficient (Wildman–Crippen LogP) is 1.98. The first-order chi connectivity index (χ1) is 8.58. The molecule has 0 saturated carbocycles. The van der Waals surface area contributed by atoms with E-state index < -0.39 is 10.9 Å². The summed E-state index contributed by atoms with van der Waals surface area (Å²) in [6, 6.07) is 3.81. The number of carbonyl (C=O) groups excluding carboxylic acids is 2. The number of benzene rings is 1. The molecule has 0 aromatic heterocycles. The van der Waals surface area contributed by atoms with E-state index in [1.165, 1.54) is 18.2 Å². The van der Waals surface area contributed by atoms with Crippen LogP contribution in [0.15, 0.2) is 24.3 Å². The van der Waals surface area contributed by atoms with Crippen LogP contribution in [0, 0.1) is 10.1 Å². The highest BCUT2D eigenvalue weighted by Gasteiger charge is 2.08. The van der Waals surface area contributed by atoms with E-state index in [1.54, 1.807) is 6.92 Å². The van der Waals surface area contributed by atoms with E-state index in [4.69, 9.17) is 0 Å². The van der Waals surface area contributed by atoms with Crippen molar-refractivity contribution < 1.29 is 19.2 Å². The molecule has 0 N–H and O–H groups in total. The van der Waals surface area contributed by atoms with Gasteiger partial charge in [-0.15, -0.1) is 0 Å². The molecule has 0 radical (unpaired) electrons. The van der Waals surface area contributed by atoms with Crippen molar-refractivity contribution in [2.24, 2.45) is 0 Å². The zero-order valence-corrected chi connectivity index (χ0v) is 9.66. The molecule has 0 aliphatic carbocycles. The lowest BCUT2D eigenvalue weighted by Crippen LogP contribution is -1.99. The van der Waals surface area contributed by atoms with Crippen LogP contribution in [0.5, 0.6) is 0 Å². The Kier molecular flexibility index (Phi) is 4.74. The van der Waals surface area contributed by atoms with Gasteiger partial charge in [0.1, 0.15) is 0 Å². The van der Waals surface area contributed by atoms with Gasteiger partial charge in [0, 0.05) is 23.8 Å². The van der Waals surface area contributed by atoms with Crippen LogP contribution < -0.4 is 0 Å². The molecule has 1 aromatic rings. The van der Waals surface area contributed by atoms with Crippen molar-refractivity contribution in [2.45, 2.75) is 6.92 Å². The Hall–Kier alpha value is -2.50. The third kappa shape index (κ3) is 3.51. The Morgan fingerprint density at radius 3 is 2.72 bits per heavy atom. The number of nitro groups is 1. The van der Waals surface area contributed by atoms with E-state index in [0.29, 0.717) is 11.8 Å². The van der Waals surface area contributed by atoms with Crippen molar-refractivity contribution in [3.8, 4) is 0 Å². The summed E-state index contributed by atoms with van der Waals surface area (Å²) < 4.78 is 4.68. The van der Waals surface area contributed by atoms with Crippen molar-refractivity contribution in [3.63, 3.8) is 0 Å². The molecular formula is C12H11NO5. The van der Waals surface area contributed by atoms with E-state index in [0.717, 1.165) is 12.1 Å². The van der Waals surface area contributed by atoms with Crippen molar-refractivity contribution in [1.82, 2.24) is 0 Å². The molecule has 1 aromatic carbocycles. The maximum absolute atomic E-state index is 11.1. The van der Waals surface area contributed by atoms with Gasteiger partial charge >= 0.3 is 5.97 Å². The van der Waals surface area contributed by atoms with Crippen LogP contribution >= 0.6 is 0 Å². The summed E-state index contributed by atoms with van der Waals surface area (Å²) in [4.78, 5) is 31.8. The normalized spacial score (nSPS) is 10.3. The SMILES string of the molecule is CCOC(=O)C=Cc1ccc([N+](=O)[O-])cc1C=O. The topological polar surface area (TPSA) is 86.5 Å². The molecule has 0 amide bonds. The van der Waals surface area contributed by atoms with E-state index in [2.05, 4.69) is 4.74 Å². The van der Waals surface area contributed by atoms with Gasteiger partial charge in [-0.3, -0.25) is 14.9 Å². The fourth-order valence-corrected chi connectivity index (χ4v) is 1.28. The lowest BCUT2D eigenvalue weighted by Gasteiger charge is -1.99. The van der Waals surface area contributed by atoms with E-state index in [1.807, 2.05) is 0 Å². The number of esters is 1. The van der Waals surface area contributed by atoms with Crippen molar-refractivity contribution in [3.05, 3.63) is 45.5 Å². The van der Waals surface area contributed by atoms with Gasteiger partial charge in [0.05, 0.1) is 11.5 Å². The number of aldehydes is 1. The van der Waals surface area contributed by atoms with Crippen LogP contribution in [0.2, 0.25) is 0 Å². The Labute approximate surface area is 103 Å². The summed E-state index contributed by atoms with van der Waals surface area (Å²) in [5.74, 6) is -0.535. The van der Waals surface area contributed by atoms with Crippen LogP contribution in [0.25, 0.3) is 6.08 Å². The Morgan fingerprint density at radius 2 is 2.17 bits per heavy atom. The number of ether oxygens (including phenoxy) is 1. The molecular weight excluding hydrogens is 238 g/mol. The monoisotopic (exact) mass is 249 g/mol. The standard InChI is InChI=1S/C12H11NO5/c1-2-18-12(15)6-4-9-3-5-11(13(16)17)7-10(9)8-14/h3-8H,2H2,1H3. The van der Waals surface area contributed by atoms with E-state index in [-0.39, 0.29) is 17.9 Å². The average Bonchev–Trinajstić information content (AvgIpc) is 2.36. The Bertz CT molecular complexity index is 507. The maximum Gasteiger partial charge on any atom is 0.330 e. The molecule has 0 heterocycles. The minimum absolute atomic E-state index is 0.143. The number of carbonyl (C=O) groups is 2. The number of hydrogen-bond acceptors (Lipinski definition) is 5. The minimum Gasteiger partial charge on any atom is -0.463 e. The fourth-order valence-electron chi connectivity index (χ4n) is 1.28. The third-order valence-electron chi connectivity index (χ3n) is 2.09. The number of hydrogen-bond donors (Lipinski definition) is 0. The molecule has 0 unspecified atom stereocenters. The zero-order chi connectivity index (χ0) is 13.5. The molecule has 0 bridgehead atoms. The molecule has 1 rings (SSSR count). The second-order valence-electron chi connectivity index (χ2n) is 3.27. The molecule has 94 valence electrons. The summed E-state index contributed by atoms with van der Waals surface area (Å²) in [5.41, 5.74) is 0.388. The van der Waals surface area contributed by atoms with Crippen LogP contribution in [-0.2, 0) is 9.53 Å². The lowest BCUT2D eigenvalue weighted by molar-refractivity contribution is -0.384. The molecule has 6 nitrogen and oxygen atoms in total. The highest BCUT2D eigenvalue weighted by Crippen LogP contribution is 2.17. The van der Waals surface area contributed by atoms with Gasteiger partial charge in [-0.1, -0.05) is 0 Å². The molecule has 0 aliphatic rings. The van der Waals surface area contributed by atoms with Crippen molar-refractivity contribution in [1.29, 1.82) is 0 Å². The van der Waals surface area contributed by atoms with Gasteiger partial charge in [0.15, 0.2) is 6.29 Å². The molecule has 0 aliphatic heterocycles. The van der Waals surface area contributed by atoms with Gasteiger partial charge in [-0.2, -0.15) is 0 Å². The van der Waals surface area contributed by atoms with Gasteiger partial charge in [-0.25, -0.2) is 4.79 Å². The van der Waals surface area contributed by atoms with Gasteiger partial charge in [0.25, 0.3) is 5.69 Å². The summed E-state index contributed by atoms with van der Waals surface area (Å²) in [6.07, 6.45) is 3.04. The summed E-state index contributed by atoms with van der Waals surface area (Å²) in [7, 11) is 0. The zero-order valence-electron chi connectivity index (χ0n) is 9.66. The molecule has 18 heavy (non-hydrogen) atoms. The lowest BCUT2D eigenvalue weighted by atomic mass is 10.1. The van der Waals surface area contributed by atoms with Crippen LogP contribution in [0.3, 0.4) is 0 Å². The molecule has 0 saturated heterocycles. The summed E-state index contributed by atoms with van der Waals surface area (Å²) >= 11 is 0. The number of nitro benzene ring substituents is 1. The summed E-state index contributed by atoms with van der Waals surface area (Å²) in [6.45, 7) is 1.93. The second-order valence-corrected chi connectivity index (χ2v) is 3.27. The fraction of sp³-hybridized carbons (Fsp3) is 0.167. The third-order valence-corrected chi connectivity index (χ3v) is 2.09. The predicted molar refractivity (Wildman–Crippen MR) is 64.2 cm³/mol. The second kappa shape index (κ2) is 6.29. The quantitative estimate of drug-likeness (QED) is 0.262. The van der Waals surface area contributed by atoms with Crippen molar-refractivity contribution >= 4 is 24.0 Å². The van der Waals surface area contributed by atoms with Crippen LogP contribution in [0.1, 0.15) is 22.8 Å². The van der Waals surface area contributed by atoms with Gasteiger partial charge in [-0.05, 0) is 24.6 Å². The number of non-ortho nitro benzene ring substituents is 1. The van der Waals surface area contributed by atoms with Crippen LogP contribution in [-0.4, -0.2) is 23.8 Å². The average molecular weight is 249 g/mol. The first kappa shape index (κ1) is 13.6. The first-order valence-corrected chi connectivity index (χ1v) is 5.17. The summed E-state index contributed by atoms with van der Waals surface area (Å²) in [5, 5.41) is 10.5. The first-order valence-electron chi connectivity index (χ1n) is 5.17. The molecule has 0 atom stereocenters. The molecule has 0 fully saturated rings. The van der Waals surface area contributed by atoms with Crippen LogP contribution in [0.4, 0.5) is 5.69 Å². The highest BCUT2D eigenvalue weighted by atomic mass is 16.6. The smallest absolute Gasteiger partial charge is 0.330 e. The Morgan fingerprint density at radius 1 is 1.44 bits per heavy atom. The molecule has 0 spiro atoms. The largest absolute Gasteiger partial charge is 0.463 e. The van der Waals surface area contributed by atoms with E-state index in [9.17, 15) is 19.7 Å². The number of nitrogens with zero attached hydrogens (tertiary/aromatic N) is 1. The molecule has 6 heteroatoms.